The van der Waals surface area contributed by atoms with Crippen molar-refractivity contribution in [2.75, 3.05) is 6.61 Å². The molecule has 1 N–H and O–H groups in total. The minimum absolute atomic E-state index is 0.114. The molecule has 142 valence electrons. The molecule has 0 aliphatic heterocycles. The highest BCUT2D eigenvalue weighted by Crippen LogP contribution is 2.03. The molecule has 0 aliphatic carbocycles. The molecule has 0 aromatic carbocycles. The van der Waals surface area contributed by atoms with E-state index in [-0.39, 0.29) is 12.4 Å². The Hall–Kier alpha value is -1.41. The lowest BCUT2D eigenvalue weighted by Crippen LogP contribution is -1.98. The summed E-state index contributed by atoms with van der Waals surface area (Å²) in [6.07, 6.45) is 29.5. The fraction of sp³-hybridized carbons (Fsp3) is 0.609. The average molecular weight is 347 g/mol. The van der Waals surface area contributed by atoms with Crippen molar-refractivity contribution in [1.82, 2.24) is 0 Å². The van der Waals surface area contributed by atoms with Crippen molar-refractivity contribution >= 4 is 5.78 Å². The molecule has 0 atom stereocenters. The normalized spacial score (nSPS) is 12.4. The highest BCUT2D eigenvalue weighted by Gasteiger charge is 1.99. The van der Waals surface area contributed by atoms with Gasteiger partial charge in [-0.05, 0) is 51.4 Å². The quantitative estimate of drug-likeness (QED) is 0.242. The van der Waals surface area contributed by atoms with E-state index in [0.29, 0.717) is 19.3 Å². The third kappa shape index (κ3) is 20.5. The molecule has 0 radical (unpaired) electrons. The number of Topliss-reactive ketones (excluding diaryl/α,β-unsaturated/α-hetero) is 1. The minimum Gasteiger partial charge on any atom is -0.396 e. The van der Waals surface area contributed by atoms with Gasteiger partial charge < -0.3 is 5.11 Å². The topological polar surface area (TPSA) is 37.3 Å². The van der Waals surface area contributed by atoms with Crippen LogP contribution in [0, 0.1) is 0 Å². The van der Waals surface area contributed by atoms with Gasteiger partial charge >= 0.3 is 0 Å². The Bertz CT molecular complexity index is 402. The third-order valence-corrected chi connectivity index (χ3v) is 3.90. The number of rotatable bonds is 17. The molecule has 0 amide bonds. The van der Waals surface area contributed by atoms with Gasteiger partial charge in [0.2, 0.25) is 0 Å². The van der Waals surface area contributed by atoms with E-state index in [2.05, 4.69) is 55.5 Å². The Morgan fingerprint density at radius 3 is 1.68 bits per heavy atom. The van der Waals surface area contributed by atoms with Crippen LogP contribution in [0.2, 0.25) is 0 Å². The fourth-order valence-corrected chi connectivity index (χ4v) is 2.38. The number of aliphatic hydroxyl groups is 1. The molecule has 0 aromatic heterocycles. The van der Waals surface area contributed by atoms with Crippen LogP contribution in [0.25, 0.3) is 0 Å². The summed E-state index contributed by atoms with van der Waals surface area (Å²) in [5, 5.41) is 8.66. The van der Waals surface area contributed by atoms with Gasteiger partial charge in [0.05, 0.1) is 0 Å². The smallest absolute Gasteiger partial charge is 0.133 e. The summed E-state index contributed by atoms with van der Waals surface area (Å²) in [5.74, 6) is 0.268. The van der Waals surface area contributed by atoms with Crippen molar-refractivity contribution in [2.45, 2.75) is 84.0 Å². The molecule has 0 heterocycles. The number of ketones is 1. The predicted molar refractivity (Wildman–Crippen MR) is 110 cm³/mol. The van der Waals surface area contributed by atoms with E-state index >= 15 is 0 Å². The highest BCUT2D eigenvalue weighted by molar-refractivity contribution is 5.78. The largest absolute Gasteiger partial charge is 0.396 e. The van der Waals surface area contributed by atoms with Crippen LogP contribution in [-0.4, -0.2) is 17.5 Å². The molecule has 2 nitrogen and oxygen atoms in total. The molecular formula is C23H38O2. The number of unbranched alkanes of at least 4 members (excludes halogenated alkanes) is 4. The van der Waals surface area contributed by atoms with Crippen LogP contribution in [0.5, 0.6) is 0 Å². The van der Waals surface area contributed by atoms with Gasteiger partial charge in [0.1, 0.15) is 5.78 Å². The van der Waals surface area contributed by atoms with Gasteiger partial charge in [0.15, 0.2) is 0 Å². The standard InChI is InChI=1S/C23H38O2/c1-2-3-4-5-6-7-8-9-10-11-12-13-14-15-16-17-18-20-23(25)21-19-22-24/h6-7,9-10,12-13,15-16,24H,2-5,8,11,14,17-22H2,1H3/b7-6-,10-9-,13-12-,16-15-. The van der Waals surface area contributed by atoms with Crippen molar-refractivity contribution in [3.63, 3.8) is 0 Å². The van der Waals surface area contributed by atoms with E-state index < -0.39 is 0 Å². The van der Waals surface area contributed by atoms with Gasteiger partial charge in [0, 0.05) is 19.4 Å². The maximum Gasteiger partial charge on any atom is 0.133 e. The number of allylic oxidation sites excluding steroid dienone is 8. The Labute approximate surface area is 155 Å². The number of hydrogen-bond acceptors (Lipinski definition) is 2. The number of hydrogen-bond donors (Lipinski definition) is 1. The summed E-state index contributed by atoms with van der Waals surface area (Å²) < 4.78 is 0. The second-order valence-corrected chi connectivity index (χ2v) is 6.35. The number of carbonyl (C=O) groups excluding carboxylic acids is 1. The zero-order valence-electron chi connectivity index (χ0n) is 16.2. The average Bonchev–Trinajstić information content (AvgIpc) is 2.62. The third-order valence-electron chi connectivity index (χ3n) is 3.90. The molecule has 0 aliphatic rings. The summed E-state index contributed by atoms with van der Waals surface area (Å²) in [5.41, 5.74) is 0. The van der Waals surface area contributed by atoms with Crippen LogP contribution in [0.15, 0.2) is 48.6 Å². The second kappa shape index (κ2) is 20.6. The Balaban J connectivity index is 3.44. The summed E-state index contributed by atoms with van der Waals surface area (Å²) in [4.78, 5) is 11.4. The SMILES string of the molecule is CCCCC/C=C\C/C=C\C/C=C\C/C=C\CCCC(=O)CCCO. The molecule has 0 saturated heterocycles. The Morgan fingerprint density at radius 2 is 1.16 bits per heavy atom. The number of carbonyl (C=O) groups is 1. The molecule has 0 unspecified atom stereocenters. The first kappa shape index (κ1) is 23.6. The summed E-state index contributed by atoms with van der Waals surface area (Å²) >= 11 is 0. The van der Waals surface area contributed by atoms with E-state index in [0.717, 1.165) is 32.1 Å². The van der Waals surface area contributed by atoms with Gasteiger partial charge in [0.25, 0.3) is 0 Å². The highest BCUT2D eigenvalue weighted by atomic mass is 16.3. The first-order valence-electron chi connectivity index (χ1n) is 10.0. The first-order valence-corrected chi connectivity index (χ1v) is 10.0. The van der Waals surface area contributed by atoms with Crippen LogP contribution in [0.4, 0.5) is 0 Å². The van der Waals surface area contributed by atoms with Crippen molar-refractivity contribution in [1.29, 1.82) is 0 Å². The van der Waals surface area contributed by atoms with Gasteiger partial charge in [-0.3, -0.25) is 4.79 Å². The van der Waals surface area contributed by atoms with Crippen molar-refractivity contribution in [3.8, 4) is 0 Å². The zero-order chi connectivity index (χ0) is 18.4. The lowest BCUT2D eigenvalue weighted by molar-refractivity contribution is -0.119. The molecule has 0 spiro atoms. The molecule has 2 heteroatoms. The predicted octanol–water partition coefficient (Wildman–Crippen LogP) is 6.47. The molecule has 25 heavy (non-hydrogen) atoms. The van der Waals surface area contributed by atoms with Crippen LogP contribution in [0.3, 0.4) is 0 Å². The maximum absolute atomic E-state index is 11.4. The van der Waals surface area contributed by atoms with Crippen molar-refractivity contribution < 1.29 is 9.90 Å². The lowest BCUT2D eigenvalue weighted by Gasteiger charge is -1.97. The van der Waals surface area contributed by atoms with E-state index in [1.54, 1.807) is 0 Å². The zero-order valence-corrected chi connectivity index (χ0v) is 16.2. The van der Waals surface area contributed by atoms with Crippen LogP contribution < -0.4 is 0 Å². The second-order valence-electron chi connectivity index (χ2n) is 6.35. The number of aliphatic hydroxyl groups excluding tert-OH is 1. The van der Waals surface area contributed by atoms with Gasteiger partial charge in [-0.2, -0.15) is 0 Å². The van der Waals surface area contributed by atoms with E-state index in [1.165, 1.54) is 25.7 Å². The van der Waals surface area contributed by atoms with E-state index in [1.807, 2.05) is 0 Å². The van der Waals surface area contributed by atoms with Crippen molar-refractivity contribution in [3.05, 3.63) is 48.6 Å². The van der Waals surface area contributed by atoms with Gasteiger partial charge in [-0.1, -0.05) is 68.4 Å². The summed E-state index contributed by atoms with van der Waals surface area (Å²) in [6, 6.07) is 0. The summed E-state index contributed by atoms with van der Waals surface area (Å²) in [6.45, 7) is 2.35. The Kier molecular flexibility index (Phi) is 19.5. The minimum atomic E-state index is 0.114. The first-order chi connectivity index (χ1) is 12.3. The molecule has 0 fully saturated rings. The summed E-state index contributed by atoms with van der Waals surface area (Å²) in [7, 11) is 0. The van der Waals surface area contributed by atoms with Crippen LogP contribution in [-0.2, 0) is 4.79 Å². The molecule has 0 rings (SSSR count). The van der Waals surface area contributed by atoms with Crippen LogP contribution in [0.1, 0.15) is 84.0 Å². The van der Waals surface area contributed by atoms with E-state index in [4.69, 9.17) is 5.11 Å². The maximum atomic E-state index is 11.4. The van der Waals surface area contributed by atoms with Gasteiger partial charge in [-0.15, -0.1) is 0 Å². The molecule has 0 aromatic rings. The fourth-order valence-electron chi connectivity index (χ4n) is 2.38. The monoisotopic (exact) mass is 346 g/mol. The lowest BCUT2D eigenvalue weighted by atomic mass is 10.1. The molecule has 0 bridgehead atoms. The molecule has 0 saturated carbocycles. The van der Waals surface area contributed by atoms with Crippen LogP contribution >= 0.6 is 0 Å². The van der Waals surface area contributed by atoms with E-state index in [9.17, 15) is 4.79 Å². The Morgan fingerprint density at radius 1 is 0.680 bits per heavy atom. The molecular weight excluding hydrogens is 308 g/mol. The van der Waals surface area contributed by atoms with Crippen molar-refractivity contribution in [2.24, 2.45) is 0 Å². The van der Waals surface area contributed by atoms with Gasteiger partial charge in [-0.25, -0.2) is 0 Å².